The number of hydrogen-bond donors (Lipinski definition) is 2. The first-order valence-corrected chi connectivity index (χ1v) is 12.2. The van der Waals surface area contributed by atoms with Crippen molar-refractivity contribution >= 4 is 44.3 Å². The lowest BCUT2D eigenvalue weighted by Crippen LogP contribution is -2.13. The second-order valence-electron chi connectivity index (χ2n) is 7.67. The van der Waals surface area contributed by atoms with Gasteiger partial charge in [-0.2, -0.15) is 5.26 Å². The molecule has 0 unspecified atom stereocenters. The third-order valence-corrected chi connectivity index (χ3v) is 6.60. The number of rotatable bonds is 8. The lowest BCUT2D eigenvalue weighted by molar-refractivity contribution is -0.111. The van der Waals surface area contributed by atoms with Gasteiger partial charge in [0.05, 0.1) is 23.1 Å². The quantitative estimate of drug-likeness (QED) is 0.335. The molecule has 4 aromatic rings. The highest BCUT2D eigenvalue weighted by Crippen LogP contribution is 2.23. The first-order chi connectivity index (χ1) is 16.9. The van der Waals surface area contributed by atoms with Crippen LogP contribution in [0.3, 0.4) is 0 Å². The fraction of sp³-hybridized carbons (Fsp3) is 0.0769. The summed E-state index contributed by atoms with van der Waals surface area (Å²) in [7, 11) is -3.91. The van der Waals surface area contributed by atoms with Gasteiger partial charge in [0.2, 0.25) is 5.91 Å². The van der Waals surface area contributed by atoms with E-state index in [1.165, 1.54) is 48.5 Å². The number of aromatic nitrogens is 1. The average Bonchev–Trinajstić information content (AvgIpc) is 3.19. The molecule has 9 heteroatoms. The number of fused-ring (bicyclic) bond motifs is 1. The molecule has 1 amide bonds. The van der Waals surface area contributed by atoms with Crippen molar-refractivity contribution < 1.29 is 17.6 Å². The van der Waals surface area contributed by atoms with Crippen molar-refractivity contribution in [3.63, 3.8) is 0 Å². The lowest BCUT2D eigenvalue weighted by Gasteiger charge is -2.09. The van der Waals surface area contributed by atoms with Crippen molar-refractivity contribution in [3.8, 4) is 6.07 Å². The largest absolute Gasteiger partial charge is 0.346 e. The minimum atomic E-state index is -3.91. The predicted molar refractivity (Wildman–Crippen MR) is 133 cm³/mol. The number of anilines is 2. The van der Waals surface area contributed by atoms with Crippen molar-refractivity contribution in [1.29, 1.82) is 5.26 Å². The summed E-state index contributed by atoms with van der Waals surface area (Å²) < 4.78 is 42.7. The van der Waals surface area contributed by atoms with E-state index in [4.69, 9.17) is 5.26 Å². The third kappa shape index (κ3) is 5.75. The smallest absolute Gasteiger partial charge is 0.261 e. The number of carbonyl (C=O) groups excluding carboxylic acids is 1. The van der Waals surface area contributed by atoms with Crippen LogP contribution in [-0.2, 0) is 21.4 Å². The molecule has 0 bridgehead atoms. The number of nitriles is 1. The summed E-state index contributed by atoms with van der Waals surface area (Å²) >= 11 is 0. The minimum absolute atomic E-state index is 0.0273. The van der Waals surface area contributed by atoms with Gasteiger partial charge >= 0.3 is 0 Å². The van der Waals surface area contributed by atoms with Crippen molar-refractivity contribution in [2.24, 2.45) is 0 Å². The van der Waals surface area contributed by atoms with Gasteiger partial charge in [-0.15, -0.1) is 0 Å². The van der Waals surface area contributed by atoms with Crippen molar-refractivity contribution in [2.45, 2.75) is 17.9 Å². The van der Waals surface area contributed by atoms with Crippen molar-refractivity contribution in [1.82, 2.24) is 4.57 Å². The van der Waals surface area contributed by atoms with Crippen molar-refractivity contribution in [2.75, 3.05) is 10.0 Å². The predicted octanol–water partition coefficient (Wildman–Crippen LogP) is 5.15. The maximum Gasteiger partial charge on any atom is 0.261 e. The zero-order chi connectivity index (χ0) is 24.8. The highest BCUT2D eigenvalue weighted by atomic mass is 32.2. The molecule has 176 valence electrons. The van der Waals surface area contributed by atoms with Crippen LogP contribution in [0.25, 0.3) is 17.0 Å². The number of carbonyl (C=O) groups is 1. The molecule has 0 saturated carbocycles. The summed E-state index contributed by atoms with van der Waals surface area (Å²) in [4.78, 5) is 12.4. The summed E-state index contributed by atoms with van der Waals surface area (Å²) in [6.07, 6.45) is 5.37. The van der Waals surface area contributed by atoms with Crippen LogP contribution in [0.15, 0.2) is 90.0 Å². The molecule has 0 saturated heterocycles. The van der Waals surface area contributed by atoms with E-state index in [0.29, 0.717) is 18.7 Å². The van der Waals surface area contributed by atoms with E-state index in [1.807, 2.05) is 35.0 Å². The zero-order valence-corrected chi connectivity index (χ0v) is 19.3. The molecule has 1 heterocycles. The molecule has 4 rings (SSSR count). The highest BCUT2D eigenvalue weighted by Gasteiger charge is 2.14. The Bertz CT molecular complexity index is 1550. The van der Waals surface area contributed by atoms with Gasteiger partial charge in [-0.05, 0) is 54.6 Å². The molecule has 0 aliphatic rings. The van der Waals surface area contributed by atoms with Gasteiger partial charge in [0.1, 0.15) is 5.82 Å². The number of nitrogens with zero attached hydrogens (tertiary/aromatic N) is 2. The van der Waals surface area contributed by atoms with Crippen LogP contribution >= 0.6 is 0 Å². The van der Waals surface area contributed by atoms with Crippen molar-refractivity contribution in [3.05, 3.63) is 96.4 Å². The second-order valence-corrected chi connectivity index (χ2v) is 9.35. The van der Waals surface area contributed by atoms with Gasteiger partial charge in [0, 0.05) is 41.0 Å². The number of aryl methyl sites for hydroxylation is 1. The standard InChI is InChI=1S/C26H21FN4O3S/c27-20-5-3-6-22(17-20)30-35(33,34)23-12-10-21(11-13-23)29-26(32)14-9-19-18-31(16-4-15-28)25-8-2-1-7-24(19)25/h1-3,5-14,17-18,30H,4,16H2,(H,29,32)/b14-9+. The molecule has 3 aromatic carbocycles. The van der Waals surface area contributed by atoms with Gasteiger partial charge in [0.15, 0.2) is 0 Å². The fourth-order valence-electron chi connectivity index (χ4n) is 3.60. The Morgan fingerprint density at radius 1 is 1.03 bits per heavy atom. The summed E-state index contributed by atoms with van der Waals surface area (Å²) in [5.41, 5.74) is 2.35. The van der Waals surface area contributed by atoms with Crippen LogP contribution in [-0.4, -0.2) is 18.9 Å². The first kappa shape index (κ1) is 23.7. The number of para-hydroxylation sites is 1. The molecular weight excluding hydrogens is 467 g/mol. The van der Waals surface area contributed by atoms with Crippen LogP contribution < -0.4 is 10.0 Å². The summed E-state index contributed by atoms with van der Waals surface area (Å²) in [6.45, 7) is 0.556. The third-order valence-electron chi connectivity index (χ3n) is 5.21. The van der Waals surface area contributed by atoms with Gasteiger partial charge in [-0.25, -0.2) is 12.8 Å². The van der Waals surface area contributed by atoms with E-state index in [-0.39, 0.29) is 16.5 Å². The number of sulfonamides is 1. The van der Waals surface area contributed by atoms with Crippen LogP contribution in [0.1, 0.15) is 12.0 Å². The van der Waals surface area contributed by atoms with E-state index in [0.717, 1.165) is 22.5 Å². The Morgan fingerprint density at radius 2 is 1.80 bits per heavy atom. The maximum absolute atomic E-state index is 13.3. The van der Waals surface area contributed by atoms with E-state index in [2.05, 4.69) is 16.1 Å². The molecule has 0 aliphatic heterocycles. The zero-order valence-electron chi connectivity index (χ0n) is 18.5. The first-order valence-electron chi connectivity index (χ1n) is 10.7. The average molecular weight is 489 g/mol. The summed E-state index contributed by atoms with van der Waals surface area (Å²) in [5, 5.41) is 12.5. The van der Waals surface area contributed by atoms with Crippen LogP contribution in [0, 0.1) is 17.1 Å². The molecule has 35 heavy (non-hydrogen) atoms. The molecule has 1 aromatic heterocycles. The molecule has 7 nitrogen and oxygen atoms in total. The maximum atomic E-state index is 13.3. The molecule has 0 aliphatic carbocycles. The Kier molecular flexibility index (Phi) is 6.94. The van der Waals surface area contributed by atoms with E-state index in [1.54, 1.807) is 6.08 Å². The number of halogens is 1. The van der Waals surface area contributed by atoms with E-state index in [9.17, 15) is 17.6 Å². The monoisotopic (exact) mass is 488 g/mol. The molecule has 0 radical (unpaired) electrons. The second kappa shape index (κ2) is 10.2. The topological polar surface area (TPSA) is 104 Å². The molecule has 0 spiro atoms. The van der Waals surface area contributed by atoms with Gasteiger partial charge < -0.3 is 9.88 Å². The Labute approximate surface area is 202 Å². The molecule has 0 fully saturated rings. The number of nitrogens with one attached hydrogen (secondary N) is 2. The van der Waals surface area contributed by atoms with Gasteiger partial charge in [0.25, 0.3) is 10.0 Å². The normalized spacial score (nSPS) is 11.4. The summed E-state index contributed by atoms with van der Waals surface area (Å²) in [6, 6.07) is 20.7. The molecule has 2 N–H and O–H groups in total. The Morgan fingerprint density at radius 3 is 2.54 bits per heavy atom. The number of benzene rings is 3. The van der Waals surface area contributed by atoms with E-state index < -0.39 is 15.8 Å². The van der Waals surface area contributed by atoms with E-state index >= 15 is 0 Å². The summed E-state index contributed by atoms with van der Waals surface area (Å²) in [5.74, 6) is -0.935. The highest BCUT2D eigenvalue weighted by molar-refractivity contribution is 7.92. The number of hydrogen-bond acceptors (Lipinski definition) is 4. The molecular formula is C26H21FN4O3S. The number of amides is 1. The van der Waals surface area contributed by atoms with Gasteiger partial charge in [-0.3, -0.25) is 9.52 Å². The fourth-order valence-corrected chi connectivity index (χ4v) is 4.65. The van der Waals surface area contributed by atoms with Crippen LogP contribution in [0.2, 0.25) is 0 Å². The SMILES string of the molecule is N#CCCn1cc(/C=C/C(=O)Nc2ccc(S(=O)(=O)Nc3cccc(F)c3)cc2)c2ccccc21. The molecule has 0 atom stereocenters. The van der Waals surface area contributed by atoms with Crippen LogP contribution in [0.5, 0.6) is 0 Å². The van der Waals surface area contributed by atoms with Gasteiger partial charge in [-0.1, -0.05) is 24.3 Å². The Hall–Kier alpha value is -4.42. The lowest BCUT2D eigenvalue weighted by atomic mass is 10.1. The minimum Gasteiger partial charge on any atom is -0.346 e. The Balaban J connectivity index is 1.44. The van der Waals surface area contributed by atoms with Crippen LogP contribution in [0.4, 0.5) is 15.8 Å².